The molecule has 0 aliphatic rings. The molecule has 0 radical (unpaired) electrons. The van der Waals surface area contributed by atoms with Crippen LogP contribution in [0.3, 0.4) is 0 Å². The van der Waals surface area contributed by atoms with Crippen molar-refractivity contribution in [3.63, 3.8) is 0 Å². The molecule has 0 unspecified atom stereocenters. The Morgan fingerprint density at radius 3 is 2.75 bits per heavy atom. The van der Waals surface area contributed by atoms with E-state index in [1.54, 1.807) is 12.1 Å². The molecule has 0 saturated carbocycles. The largest absolute Gasteiger partial charge is 0.370 e. The van der Waals surface area contributed by atoms with Gasteiger partial charge in [0.1, 0.15) is 23.8 Å². The summed E-state index contributed by atoms with van der Waals surface area (Å²) >= 11 is 5.74. The molecule has 106 valence electrons. The highest BCUT2D eigenvalue weighted by atomic mass is 35.5. The average Bonchev–Trinajstić information content (AvgIpc) is 2.44. The number of halogens is 2. The van der Waals surface area contributed by atoms with Gasteiger partial charge in [-0.25, -0.2) is 14.4 Å². The van der Waals surface area contributed by atoms with Gasteiger partial charge >= 0.3 is 0 Å². The van der Waals surface area contributed by atoms with Crippen LogP contribution in [0.1, 0.15) is 19.8 Å². The van der Waals surface area contributed by atoms with Crippen LogP contribution in [0.5, 0.6) is 0 Å². The molecule has 0 aliphatic heterocycles. The fraction of sp³-hybridized carbons (Fsp3) is 0.286. The number of unbranched alkanes of at least 4 members (excludes halogenated alkanes) is 1. The first-order chi connectivity index (χ1) is 9.69. The van der Waals surface area contributed by atoms with Gasteiger partial charge in [0.25, 0.3) is 0 Å². The summed E-state index contributed by atoms with van der Waals surface area (Å²) in [6.07, 6.45) is 3.68. The maximum absolute atomic E-state index is 13.1. The van der Waals surface area contributed by atoms with Crippen molar-refractivity contribution in [1.29, 1.82) is 0 Å². The minimum absolute atomic E-state index is 0.0744. The quantitative estimate of drug-likeness (QED) is 0.783. The Kier molecular flexibility index (Phi) is 5.12. The second-order valence-electron chi connectivity index (χ2n) is 4.32. The Morgan fingerprint density at radius 2 is 2.00 bits per heavy atom. The molecule has 20 heavy (non-hydrogen) atoms. The normalized spacial score (nSPS) is 10.3. The monoisotopic (exact) mass is 294 g/mol. The predicted molar refractivity (Wildman–Crippen MR) is 80.1 cm³/mol. The summed E-state index contributed by atoms with van der Waals surface area (Å²) in [7, 11) is 0. The summed E-state index contributed by atoms with van der Waals surface area (Å²) < 4.78 is 13.1. The lowest BCUT2D eigenvalue weighted by molar-refractivity contribution is 0.628. The van der Waals surface area contributed by atoms with E-state index in [1.165, 1.54) is 18.5 Å². The van der Waals surface area contributed by atoms with Gasteiger partial charge in [0.2, 0.25) is 0 Å². The number of benzene rings is 1. The van der Waals surface area contributed by atoms with E-state index < -0.39 is 5.82 Å². The molecule has 2 aromatic rings. The van der Waals surface area contributed by atoms with Crippen LogP contribution in [0.25, 0.3) is 0 Å². The van der Waals surface area contributed by atoms with Crippen molar-refractivity contribution < 1.29 is 4.39 Å². The van der Waals surface area contributed by atoms with Gasteiger partial charge in [-0.1, -0.05) is 24.9 Å². The fourth-order valence-electron chi connectivity index (χ4n) is 1.64. The molecule has 0 spiro atoms. The van der Waals surface area contributed by atoms with Crippen LogP contribution in [-0.2, 0) is 0 Å². The van der Waals surface area contributed by atoms with Crippen molar-refractivity contribution >= 4 is 28.9 Å². The van der Waals surface area contributed by atoms with Crippen molar-refractivity contribution in [3.05, 3.63) is 41.4 Å². The summed E-state index contributed by atoms with van der Waals surface area (Å²) in [6, 6.07) is 6.23. The molecular formula is C14H16ClFN4. The van der Waals surface area contributed by atoms with Crippen molar-refractivity contribution in [2.75, 3.05) is 17.2 Å². The van der Waals surface area contributed by atoms with E-state index in [-0.39, 0.29) is 5.02 Å². The van der Waals surface area contributed by atoms with Crippen LogP contribution in [0.15, 0.2) is 30.6 Å². The smallest absolute Gasteiger partial charge is 0.141 e. The summed E-state index contributed by atoms with van der Waals surface area (Å²) in [5.41, 5.74) is 0.676. The molecular weight excluding hydrogens is 279 g/mol. The number of nitrogens with one attached hydrogen (secondary N) is 2. The average molecular weight is 295 g/mol. The van der Waals surface area contributed by atoms with Crippen molar-refractivity contribution in [2.45, 2.75) is 19.8 Å². The molecule has 1 aromatic carbocycles. The SMILES string of the molecule is CCCCNc1cc(Nc2ccc(F)c(Cl)c2)ncn1. The van der Waals surface area contributed by atoms with Crippen LogP contribution in [0.2, 0.25) is 5.02 Å². The molecule has 0 fully saturated rings. The number of rotatable bonds is 6. The molecule has 1 heterocycles. The lowest BCUT2D eigenvalue weighted by Gasteiger charge is -2.08. The number of hydrogen-bond donors (Lipinski definition) is 2. The van der Waals surface area contributed by atoms with E-state index in [0.717, 1.165) is 25.2 Å². The third kappa shape index (κ3) is 4.06. The molecule has 6 heteroatoms. The van der Waals surface area contributed by atoms with Crippen LogP contribution in [0, 0.1) is 5.82 Å². The topological polar surface area (TPSA) is 49.8 Å². The van der Waals surface area contributed by atoms with Gasteiger partial charge in [-0.3, -0.25) is 0 Å². The maximum Gasteiger partial charge on any atom is 0.141 e. The number of nitrogens with zero attached hydrogens (tertiary/aromatic N) is 2. The maximum atomic E-state index is 13.1. The zero-order valence-corrected chi connectivity index (χ0v) is 11.9. The zero-order chi connectivity index (χ0) is 14.4. The number of aromatic nitrogens is 2. The highest BCUT2D eigenvalue weighted by Gasteiger charge is 2.03. The number of anilines is 3. The van der Waals surface area contributed by atoms with Gasteiger partial charge in [-0.15, -0.1) is 0 Å². The first-order valence-corrected chi connectivity index (χ1v) is 6.85. The van der Waals surface area contributed by atoms with Crippen molar-refractivity contribution in [1.82, 2.24) is 9.97 Å². The molecule has 0 aliphatic carbocycles. The van der Waals surface area contributed by atoms with Gasteiger partial charge < -0.3 is 10.6 Å². The molecule has 0 bridgehead atoms. The van der Waals surface area contributed by atoms with Crippen molar-refractivity contribution in [3.8, 4) is 0 Å². The van der Waals surface area contributed by atoms with Gasteiger partial charge in [0, 0.05) is 18.3 Å². The summed E-state index contributed by atoms with van der Waals surface area (Å²) in [6.45, 7) is 3.00. The Hall–Kier alpha value is -1.88. The van der Waals surface area contributed by atoms with Crippen LogP contribution >= 0.6 is 11.6 Å². The van der Waals surface area contributed by atoms with E-state index in [9.17, 15) is 4.39 Å². The van der Waals surface area contributed by atoms with Gasteiger partial charge in [0.15, 0.2) is 0 Å². The molecule has 4 nitrogen and oxygen atoms in total. The lowest BCUT2D eigenvalue weighted by Crippen LogP contribution is -2.04. The molecule has 0 atom stereocenters. The van der Waals surface area contributed by atoms with Gasteiger partial charge in [-0.2, -0.15) is 0 Å². The lowest BCUT2D eigenvalue weighted by atomic mass is 10.3. The van der Waals surface area contributed by atoms with E-state index in [1.807, 2.05) is 0 Å². The highest BCUT2D eigenvalue weighted by molar-refractivity contribution is 6.31. The van der Waals surface area contributed by atoms with Crippen LogP contribution in [-0.4, -0.2) is 16.5 Å². The Labute approximate surface area is 122 Å². The van der Waals surface area contributed by atoms with Crippen LogP contribution in [0.4, 0.5) is 21.7 Å². The van der Waals surface area contributed by atoms with E-state index in [2.05, 4.69) is 27.5 Å². The number of hydrogen-bond acceptors (Lipinski definition) is 4. The van der Waals surface area contributed by atoms with Crippen LogP contribution < -0.4 is 10.6 Å². The molecule has 0 saturated heterocycles. The Balaban J connectivity index is 2.05. The summed E-state index contributed by atoms with van der Waals surface area (Å²) in [5, 5.41) is 6.35. The highest BCUT2D eigenvalue weighted by Crippen LogP contribution is 2.22. The molecule has 1 aromatic heterocycles. The van der Waals surface area contributed by atoms with Crippen molar-refractivity contribution in [2.24, 2.45) is 0 Å². The minimum atomic E-state index is -0.443. The Bertz CT molecular complexity index is 577. The first kappa shape index (κ1) is 14.5. The summed E-state index contributed by atoms with van der Waals surface area (Å²) in [5.74, 6) is 0.938. The molecule has 2 N–H and O–H groups in total. The van der Waals surface area contributed by atoms with E-state index >= 15 is 0 Å². The van der Waals surface area contributed by atoms with Gasteiger partial charge in [-0.05, 0) is 24.6 Å². The fourth-order valence-corrected chi connectivity index (χ4v) is 1.82. The molecule has 0 amide bonds. The molecule has 2 rings (SSSR count). The predicted octanol–water partition coefficient (Wildman–Crippen LogP) is 4.22. The zero-order valence-electron chi connectivity index (χ0n) is 11.2. The summed E-state index contributed by atoms with van der Waals surface area (Å²) in [4.78, 5) is 8.25. The Morgan fingerprint density at radius 1 is 1.20 bits per heavy atom. The third-order valence-electron chi connectivity index (χ3n) is 2.70. The van der Waals surface area contributed by atoms with E-state index in [0.29, 0.717) is 11.5 Å². The minimum Gasteiger partial charge on any atom is -0.370 e. The standard InChI is InChI=1S/C14H16ClFN4/c1-2-3-6-17-13-8-14(19-9-18-13)20-10-4-5-12(16)11(15)7-10/h4-5,7-9H,2-3,6H2,1H3,(H2,17,18,19,20). The first-order valence-electron chi connectivity index (χ1n) is 6.47. The third-order valence-corrected chi connectivity index (χ3v) is 2.99. The van der Waals surface area contributed by atoms with E-state index in [4.69, 9.17) is 11.6 Å². The second kappa shape index (κ2) is 7.05. The van der Waals surface area contributed by atoms with Gasteiger partial charge in [0.05, 0.1) is 5.02 Å². The second-order valence-corrected chi connectivity index (χ2v) is 4.73.